The van der Waals surface area contributed by atoms with Gasteiger partial charge in [-0.1, -0.05) is 11.3 Å². The van der Waals surface area contributed by atoms with Crippen LogP contribution in [0.3, 0.4) is 0 Å². The fourth-order valence-corrected chi connectivity index (χ4v) is 6.07. The molecule has 1 amide bonds. The molecule has 0 unspecified atom stereocenters. The van der Waals surface area contributed by atoms with Gasteiger partial charge < -0.3 is 15.0 Å². The lowest BCUT2D eigenvalue weighted by Gasteiger charge is -2.32. The van der Waals surface area contributed by atoms with Crippen molar-refractivity contribution < 1.29 is 22.7 Å². The van der Waals surface area contributed by atoms with Crippen LogP contribution in [0.1, 0.15) is 46.9 Å². The normalized spacial score (nSPS) is 14.3. The van der Waals surface area contributed by atoms with Crippen molar-refractivity contribution in [3.63, 3.8) is 0 Å². The fraction of sp³-hybridized carbons (Fsp3) is 0.360. The minimum atomic E-state index is -3.72. The molecule has 0 atom stereocenters. The van der Waals surface area contributed by atoms with E-state index >= 15 is 0 Å². The Morgan fingerprint density at radius 1 is 1.16 bits per heavy atom. The number of esters is 1. The van der Waals surface area contributed by atoms with E-state index in [0.717, 1.165) is 41.3 Å². The quantitative estimate of drug-likeness (QED) is 0.311. The molecule has 0 spiro atoms. The van der Waals surface area contributed by atoms with E-state index in [2.05, 4.69) is 14.9 Å². The number of nitrogens with one attached hydrogen (secondary N) is 2. The van der Waals surface area contributed by atoms with Crippen LogP contribution in [0.2, 0.25) is 0 Å². The molecule has 1 aliphatic heterocycles. The maximum Gasteiger partial charge on any atom is 0.338 e. The number of thiazole rings is 1. The van der Waals surface area contributed by atoms with E-state index in [-0.39, 0.29) is 35.8 Å². The lowest BCUT2D eigenvalue weighted by Crippen LogP contribution is -2.44. The molecule has 2 N–H and O–H groups in total. The van der Waals surface area contributed by atoms with Crippen LogP contribution in [0.4, 0.5) is 5.13 Å². The second-order valence-corrected chi connectivity index (χ2v) is 11.2. The van der Waals surface area contributed by atoms with Gasteiger partial charge in [-0.2, -0.15) is 5.26 Å². The third-order valence-electron chi connectivity index (χ3n) is 5.94. The molecule has 3 aromatic rings. The maximum absolute atomic E-state index is 12.7. The number of hydrogen-bond donors (Lipinski definition) is 2. The number of nitriles is 1. The number of rotatable bonds is 9. The van der Waals surface area contributed by atoms with Crippen molar-refractivity contribution in [2.24, 2.45) is 0 Å². The molecule has 1 fully saturated rings. The largest absolute Gasteiger partial charge is 0.462 e. The summed E-state index contributed by atoms with van der Waals surface area (Å²) in [7, 11) is -3.72. The van der Waals surface area contributed by atoms with Crippen molar-refractivity contribution >= 4 is 48.6 Å². The molecule has 194 valence electrons. The molecule has 0 radical (unpaired) electrons. The number of ether oxygens (including phenoxy) is 1. The number of carbonyl (C=O) groups is 2. The Hall–Kier alpha value is -3.53. The van der Waals surface area contributed by atoms with E-state index in [4.69, 9.17) is 15.0 Å². The predicted octanol–water partition coefficient (Wildman–Crippen LogP) is 3.06. The Morgan fingerprint density at radius 3 is 2.54 bits per heavy atom. The highest BCUT2D eigenvalue weighted by Gasteiger charge is 2.24. The molecule has 37 heavy (non-hydrogen) atoms. The van der Waals surface area contributed by atoms with Gasteiger partial charge in [-0.05, 0) is 62.2 Å². The first-order valence-corrected chi connectivity index (χ1v) is 14.2. The molecule has 12 heteroatoms. The highest BCUT2D eigenvalue weighted by molar-refractivity contribution is 7.89. The second kappa shape index (κ2) is 11.7. The van der Waals surface area contributed by atoms with Gasteiger partial charge in [0.05, 0.1) is 33.4 Å². The monoisotopic (exact) mass is 541 g/mol. The third-order valence-corrected chi connectivity index (χ3v) is 8.50. The minimum absolute atomic E-state index is 0.00963. The molecule has 10 nitrogen and oxygen atoms in total. The first kappa shape index (κ1) is 26.5. The Morgan fingerprint density at radius 2 is 1.86 bits per heavy atom. The zero-order valence-corrected chi connectivity index (χ0v) is 21.9. The minimum Gasteiger partial charge on any atom is -0.462 e. The summed E-state index contributed by atoms with van der Waals surface area (Å²) in [6.45, 7) is 3.58. The van der Waals surface area contributed by atoms with E-state index in [0.29, 0.717) is 17.7 Å². The second-order valence-electron chi connectivity index (χ2n) is 8.46. The lowest BCUT2D eigenvalue weighted by atomic mass is 10.0. The van der Waals surface area contributed by atoms with Crippen molar-refractivity contribution in [3.8, 4) is 6.07 Å². The first-order valence-electron chi connectivity index (χ1n) is 11.9. The Balaban J connectivity index is 1.32. The number of piperidine rings is 1. The summed E-state index contributed by atoms with van der Waals surface area (Å²) >= 11 is 1.52. The van der Waals surface area contributed by atoms with Crippen molar-refractivity contribution in [2.45, 2.75) is 37.1 Å². The predicted molar refractivity (Wildman–Crippen MR) is 140 cm³/mol. The van der Waals surface area contributed by atoms with Crippen LogP contribution in [-0.4, -0.2) is 57.6 Å². The van der Waals surface area contributed by atoms with Crippen molar-refractivity contribution in [3.05, 3.63) is 53.6 Å². The molecule has 1 aromatic heterocycles. The first-order chi connectivity index (χ1) is 17.8. The van der Waals surface area contributed by atoms with Crippen LogP contribution < -0.4 is 14.9 Å². The van der Waals surface area contributed by atoms with Crippen molar-refractivity contribution in [2.75, 3.05) is 31.1 Å². The summed E-state index contributed by atoms with van der Waals surface area (Å²) in [6.07, 6.45) is 1.56. The number of benzene rings is 2. The van der Waals surface area contributed by atoms with Gasteiger partial charge in [-0.15, -0.1) is 0 Å². The molecular formula is C25H27N5O5S2. The molecule has 0 saturated carbocycles. The van der Waals surface area contributed by atoms with Crippen LogP contribution in [0, 0.1) is 11.3 Å². The van der Waals surface area contributed by atoms with E-state index in [1.54, 1.807) is 19.1 Å². The van der Waals surface area contributed by atoms with Gasteiger partial charge in [0.25, 0.3) is 5.91 Å². The average Bonchev–Trinajstić information content (AvgIpc) is 3.33. The standard InChI is InChI=1S/C25H27N5O5S2/c1-2-35-24(32)18-6-9-21-22(16-18)36-25(29-21)30-14-10-19(11-15-30)28-23(31)17-4-7-20(8-5-17)37(33,34)27-13-3-12-26/h4-9,16,19,27H,2-3,10-11,13-15H2,1H3,(H,28,31). The molecule has 1 saturated heterocycles. The summed E-state index contributed by atoms with van der Waals surface area (Å²) in [5, 5.41) is 12.5. The Labute approximate surface area is 219 Å². The van der Waals surface area contributed by atoms with Crippen LogP contribution >= 0.6 is 11.3 Å². The summed E-state index contributed by atoms with van der Waals surface area (Å²) < 4.78 is 32.8. The molecule has 4 rings (SSSR count). The van der Waals surface area contributed by atoms with Crippen LogP contribution in [0.15, 0.2) is 47.4 Å². The van der Waals surface area contributed by atoms with Gasteiger partial charge in [0.2, 0.25) is 10.0 Å². The number of anilines is 1. The molecule has 0 aliphatic carbocycles. The van der Waals surface area contributed by atoms with E-state index < -0.39 is 10.0 Å². The zero-order valence-electron chi connectivity index (χ0n) is 20.3. The summed E-state index contributed by atoms with van der Waals surface area (Å²) in [5.74, 6) is -0.606. The average molecular weight is 542 g/mol. The SMILES string of the molecule is CCOC(=O)c1ccc2nc(N3CCC(NC(=O)c4ccc(S(=O)(=O)NCCC#N)cc4)CC3)sc2c1. The van der Waals surface area contributed by atoms with E-state index in [1.807, 2.05) is 12.1 Å². The van der Waals surface area contributed by atoms with E-state index in [9.17, 15) is 18.0 Å². The molecule has 2 aromatic carbocycles. The smallest absolute Gasteiger partial charge is 0.338 e. The van der Waals surface area contributed by atoms with Gasteiger partial charge in [0.1, 0.15) is 0 Å². The molecule has 1 aliphatic rings. The summed E-state index contributed by atoms with van der Waals surface area (Å²) in [5.41, 5.74) is 1.71. The lowest BCUT2D eigenvalue weighted by molar-refractivity contribution is 0.0526. The number of sulfonamides is 1. The topological polar surface area (TPSA) is 141 Å². The van der Waals surface area contributed by atoms with Gasteiger partial charge in [-0.25, -0.2) is 22.9 Å². The van der Waals surface area contributed by atoms with Crippen LogP contribution in [0.5, 0.6) is 0 Å². The zero-order chi connectivity index (χ0) is 26.4. The Bertz CT molecular complexity index is 1420. The number of hydrogen-bond acceptors (Lipinski definition) is 9. The van der Waals surface area contributed by atoms with Crippen LogP contribution in [0.25, 0.3) is 10.2 Å². The number of fused-ring (bicyclic) bond motifs is 1. The third kappa shape index (κ3) is 6.43. The summed E-state index contributed by atoms with van der Waals surface area (Å²) in [4.78, 5) is 31.6. The maximum atomic E-state index is 12.7. The van der Waals surface area contributed by atoms with Gasteiger partial charge >= 0.3 is 5.97 Å². The molecule has 0 bridgehead atoms. The molecular weight excluding hydrogens is 514 g/mol. The van der Waals surface area contributed by atoms with Gasteiger partial charge in [0.15, 0.2) is 5.13 Å². The van der Waals surface area contributed by atoms with Crippen LogP contribution in [-0.2, 0) is 14.8 Å². The van der Waals surface area contributed by atoms with E-state index in [1.165, 1.54) is 35.6 Å². The number of amides is 1. The number of carbonyl (C=O) groups excluding carboxylic acids is 2. The van der Waals surface area contributed by atoms with Crippen molar-refractivity contribution in [1.29, 1.82) is 5.26 Å². The molecule has 2 heterocycles. The van der Waals surface area contributed by atoms with Gasteiger partial charge in [0, 0.05) is 37.7 Å². The summed E-state index contributed by atoms with van der Waals surface area (Å²) in [6, 6.07) is 13.0. The fourth-order valence-electron chi connectivity index (χ4n) is 3.98. The van der Waals surface area contributed by atoms with Crippen molar-refractivity contribution in [1.82, 2.24) is 15.0 Å². The number of nitrogens with zero attached hydrogens (tertiary/aromatic N) is 3. The highest BCUT2D eigenvalue weighted by Crippen LogP contribution is 2.31. The van der Waals surface area contributed by atoms with Gasteiger partial charge in [-0.3, -0.25) is 4.79 Å². The Kier molecular flexibility index (Phi) is 8.38. The number of aromatic nitrogens is 1. The highest BCUT2D eigenvalue weighted by atomic mass is 32.2.